The summed E-state index contributed by atoms with van der Waals surface area (Å²) in [5.74, 6) is -1.53. The van der Waals surface area contributed by atoms with Gasteiger partial charge in [-0.25, -0.2) is 0 Å². The third kappa shape index (κ3) is 5.13. The Balaban J connectivity index is 1.87. The van der Waals surface area contributed by atoms with Crippen LogP contribution < -0.4 is 14.4 Å². The van der Waals surface area contributed by atoms with Gasteiger partial charge in [0.25, 0.3) is 11.7 Å². The van der Waals surface area contributed by atoms with Crippen LogP contribution in [-0.4, -0.2) is 28.9 Å². The first-order valence-corrected chi connectivity index (χ1v) is 12.0. The molecule has 1 fully saturated rings. The summed E-state index contributed by atoms with van der Waals surface area (Å²) < 4.78 is 10.9. The molecule has 3 aromatic carbocycles. The number of aliphatic hydroxyl groups excluding tert-OH is 1. The molecule has 1 aliphatic rings. The molecule has 1 amide bonds. The first kappa shape index (κ1) is 26.2. The van der Waals surface area contributed by atoms with Gasteiger partial charge in [0.1, 0.15) is 17.3 Å². The number of nitriles is 1. The molecule has 1 unspecified atom stereocenters. The number of ketones is 1. The maximum atomic E-state index is 13.4. The minimum absolute atomic E-state index is 0.0409. The van der Waals surface area contributed by atoms with Gasteiger partial charge in [0, 0.05) is 18.2 Å². The first-order chi connectivity index (χ1) is 18.1. The number of carbonyl (C=O) groups excluding carboxylic acids is 3. The molecule has 8 nitrogen and oxygen atoms in total. The van der Waals surface area contributed by atoms with E-state index in [-0.39, 0.29) is 17.4 Å². The van der Waals surface area contributed by atoms with Gasteiger partial charge in [-0.15, -0.1) is 0 Å². The molecule has 192 valence electrons. The Morgan fingerprint density at radius 2 is 1.68 bits per heavy atom. The number of nitrogens with zero attached hydrogens (tertiary/aromatic N) is 2. The summed E-state index contributed by atoms with van der Waals surface area (Å²) in [5.41, 5.74) is 2.33. The van der Waals surface area contributed by atoms with Gasteiger partial charge in [0.2, 0.25) is 0 Å². The van der Waals surface area contributed by atoms with Gasteiger partial charge in [0.05, 0.1) is 29.4 Å². The van der Waals surface area contributed by atoms with Crippen LogP contribution in [0.2, 0.25) is 0 Å². The summed E-state index contributed by atoms with van der Waals surface area (Å²) in [5, 5.41) is 20.6. The number of aliphatic hydroxyl groups is 1. The van der Waals surface area contributed by atoms with Crippen molar-refractivity contribution >= 4 is 29.1 Å². The maximum Gasteiger partial charge on any atom is 0.308 e. The number of ether oxygens (including phenoxy) is 2. The molecule has 3 aromatic rings. The summed E-state index contributed by atoms with van der Waals surface area (Å²) in [6, 6.07) is 18.7. The molecule has 38 heavy (non-hydrogen) atoms. The monoisotopic (exact) mass is 510 g/mol. The van der Waals surface area contributed by atoms with E-state index in [1.165, 1.54) is 11.8 Å². The van der Waals surface area contributed by atoms with E-state index in [2.05, 4.69) is 0 Å². The van der Waals surface area contributed by atoms with Crippen LogP contribution in [0.4, 0.5) is 5.69 Å². The van der Waals surface area contributed by atoms with E-state index in [0.717, 1.165) is 5.56 Å². The quantitative estimate of drug-likeness (QED) is 0.159. The number of carbonyl (C=O) groups is 3. The Labute approximate surface area is 220 Å². The lowest BCUT2D eigenvalue weighted by atomic mass is 9.94. The fourth-order valence-corrected chi connectivity index (χ4v) is 4.33. The number of esters is 1. The van der Waals surface area contributed by atoms with E-state index >= 15 is 0 Å². The number of rotatable bonds is 6. The second-order valence-corrected chi connectivity index (χ2v) is 9.14. The molecule has 1 atom stereocenters. The van der Waals surface area contributed by atoms with Gasteiger partial charge in [-0.05, 0) is 86.5 Å². The van der Waals surface area contributed by atoms with Gasteiger partial charge >= 0.3 is 5.97 Å². The number of aryl methyl sites for hydroxylation is 1. The van der Waals surface area contributed by atoms with Crippen LogP contribution in [0, 0.1) is 18.3 Å². The van der Waals surface area contributed by atoms with Crippen molar-refractivity contribution in [3.63, 3.8) is 0 Å². The van der Waals surface area contributed by atoms with Crippen LogP contribution in [0.15, 0.2) is 72.3 Å². The lowest BCUT2D eigenvalue weighted by Gasteiger charge is -2.25. The number of amides is 1. The third-order valence-electron chi connectivity index (χ3n) is 5.99. The summed E-state index contributed by atoms with van der Waals surface area (Å²) >= 11 is 0. The second-order valence-electron chi connectivity index (χ2n) is 9.14. The molecular weight excluding hydrogens is 484 g/mol. The van der Waals surface area contributed by atoms with Gasteiger partial charge in [-0.1, -0.05) is 12.1 Å². The molecular formula is C30H26N2O6. The number of anilines is 1. The number of hydrogen-bond donors (Lipinski definition) is 1. The molecule has 0 bridgehead atoms. The number of hydrogen-bond acceptors (Lipinski definition) is 7. The van der Waals surface area contributed by atoms with E-state index in [0.29, 0.717) is 33.9 Å². The average Bonchev–Trinajstić information content (AvgIpc) is 3.15. The molecule has 4 rings (SSSR count). The molecule has 8 heteroatoms. The van der Waals surface area contributed by atoms with Crippen molar-refractivity contribution in [2.75, 3.05) is 4.90 Å². The lowest BCUT2D eigenvalue weighted by Crippen LogP contribution is -2.29. The average molecular weight is 511 g/mol. The van der Waals surface area contributed by atoms with Crippen LogP contribution in [0.5, 0.6) is 11.5 Å². The fraction of sp³-hybridized carbons (Fsp3) is 0.200. The summed E-state index contributed by atoms with van der Waals surface area (Å²) in [4.78, 5) is 39.3. The van der Waals surface area contributed by atoms with Crippen molar-refractivity contribution in [2.45, 2.75) is 39.8 Å². The highest BCUT2D eigenvalue weighted by molar-refractivity contribution is 6.51. The van der Waals surface area contributed by atoms with Gasteiger partial charge < -0.3 is 14.6 Å². The number of benzene rings is 3. The first-order valence-electron chi connectivity index (χ1n) is 12.0. The van der Waals surface area contributed by atoms with Crippen molar-refractivity contribution < 1.29 is 29.0 Å². The zero-order chi connectivity index (χ0) is 27.6. The normalized spacial score (nSPS) is 16.4. The van der Waals surface area contributed by atoms with Crippen LogP contribution in [-0.2, 0) is 14.4 Å². The van der Waals surface area contributed by atoms with Crippen molar-refractivity contribution in [1.29, 1.82) is 5.26 Å². The highest BCUT2D eigenvalue weighted by Crippen LogP contribution is 2.42. The van der Waals surface area contributed by atoms with Gasteiger partial charge in [-0.3, -0.25) is 19.3 Å². The van der Waals surface area contributed by atoms with E-state index in [1.807, 2.05) is 26.8 Å². The van der Waals surface area contributed by atoms with Crippen LogP contribution in [0.3, 0.4) is 0 Å². The zero-order valence-corrected chi connectivity index (χ0v) is 21.4. The largest absolute Gasteiger partial charge is 0.507 e. The smallest absolute Gasteiger partial charge is 0.308 e. The highest BCUT2D eigenvalue weighted by atomic mass is 16.5. The molecule has 1 heterocycles. The molecule has 0 aromatic heterocycles. The third-order valence-corrected chi connectivity index (χ3v) is 5.99. The minimum Gasteiger partial charge on any atom is -0.507 e. The SMILES string of the molecule is CC(=O)Oc1ccc(C2/C(=C(/O)c3ccc(OC(C)C)c(C)c3)C(=O)C(=O)N2c2ccc(C#N)cc2)cc1. The zero-order valence-electron chi connectivity index (χ0n) is 21.4. The molecule has 1 N–H and O–H groups in total. The van der Waals surface area contributed by atoms with E-state index in [9.17, 15) is 19.5 Å². The highest BCUT2D eigenvalue weighted by Gasteiger charge is 2.47. The summed E-state index contributed by atoms with van der Waals surface area (Å²) in [7, 11) is 0. The van der Waals surface area contributed by atoms with Crippen molar-refractivity contribution in [1.82, 2.24) is 0 Å². The van der Waals surface area contributed by atoms with Crippen molar-refractivity contribution in [2.24, 2.45) is 0 Å². The Morgan fingerprint density at radius 1 is 1.03 bits per heavy atom. The van der Waals surface area contributed by atoms with Crippen LogP contribution in [0.25, 0.3) is 5.76 Å². The Morgan fingerprint density at radius 3 is 2.24 bits per heavy atom. The number of Topliss-reactive ketones (excluding diaryl/α,β-unsaturated/α-hetero) is 1. The second kappa shape index (κ2) is 10.6. The Bertz CT molecular complexity index is 1480. The molecule has 0 aliphatic carbocycles. The summed E-state index contributed by atoms with van der Waals surface area (Å²) in [6.45, 7) is 6.93. The van der Waals surface area contributed by atoms with Crippen molar-refractivity contribution in [3.8, 4) is 17.6 Å². The molecule has 1 saturated heterocycles. The maximum absolute atomic E-state index is 13.4. The van der Waals surface area contributed by atoms with Crippen LogP contribution in [0.1, 0.15) is 49.1 Å². The standard InChI is InChI=1S/C30H26N2O6/c1-17(2)37-25-14-9-22(15-18(25)3)28(34)26-27(21-7-12-24(13-8-21)38-19(4)33)32(30(36)29(26)35)23-10-5-20(16-31)6-11-23/h5-15,17,27,34H,1-4H3/b28-26-. The van der Waals surface area contributed by atoms with Crippen molar-refractivity contribution in [3.05, 3.63) is 94.6 Å². The van der Waals surface area contributed by atoms with Gasteiger partial charge in [0.15, 0.2) is 0 Å². The predicted molar refractivity (Wildman–Crippen MR) is 141 cm³/mol. The van der Waals surface area contributed by atoms with Crippen LogP contribution >= 0.6 is 0 Å². The van der Waals surface area contributed by atoms with Gasteiger partial charge in [-0.2, -0.15) is 5.26 Å². The van der Waals surface area contributed by atoms with E-state index in [4.69, 9.17) is 14.7 Å². The molecule has 0 saturated carbocycles. The van der Waals surface area contributed by atoms with E-state index < -0.39 is 23.7 Å². The molecule has 0 spiro atoms. The topological polar surface area (TPSA) is 117 Å². The predicted octanol–water partition coefficient (Wildman–Crippen LogP) is 5.21. The Kier molecular flexibility index (Phi) is 7.31. The molecule has 0 radical (unpaired) electrons. The summed E-state index contributed by atoms with van der Waals surface area (Å²) in [6.07, 6.45) is -0.0409. The van der Waals surface area contributed by atoms with E-state index in [1.54, 1.807) is 66.7 Å². The lowest BCUT2D eigenvalue weighted by molar-refractivity contribution is -0.132. The Hall–Kier alpha value is -4.90. The molecule has 1 aliphatic heterocycles. The minimum atomic E-state index is -0.971. The fourth-order valence-electron chi connectivity index (χ4n) is 4.33.